The van der Waals surface area contributed by atoms with Crippen LogP contribution in [0.15, 0.2) is 5.38 Å². The van der Waals surface area contributed by atoms with Crippen LogP contribution in [0.4, 0.5) is 0 Å². The van der Waals surface area contributed by atoms with Crippen LogP contribution in [0, 0.1) is 5.92 Å². The van der Waals surface area contributed by atoms with Gasteiger partial charge in [-0.15, -0.1) is 11.3 Å². The van der Waals surface area contributed by atoms with Crippen molar-refractivity contribution in [2.45, 2.75) is 45.1 Å². The number of nitrogens with zero attached hydrogens (tertiary/aromatic N) is 1. The standard InChI is InChI=1S/C12H19NOS/c1-3-9-4-5-10(6-9)12-13-11(7-14-2)8-15-12/h8-10H,3-7H2,1-2H3. The summed E-state index contributed by atoms with van der Waals surface area (Å²) in [5, 5.41) is 3.47. The fourth-order valence-corrected chi connectivity index (χ4v) is 3.35. The van der Waals surface area contributed by atoms with Gasteiger partial charge < -0.3 is 4.74 Å². The van der Waals surface area contributed by atoms with Crippen molar-refractivity contribution >= 4 is 11.3 Å². The smallest absolute Gasteiger partial charge is 0.0960 e. The number of aromatic nitrogens is 1. The van der Waals surface area contributed by atoms with E-state index in [1.165, 1.54) is 30.7 Å². The Morgan fingerprint density at radius 2 is 2.40 bits per heavy atom. The minimum atomic E-state index is 0.653. The third-order valence-corrected chi connectivity index (χ3v) is 4.39. The average molecular weight is 225 g/mol. The molecular weight excluding hydrogens is 206 g/mol. The minimum Gasteiger partial charge on any atom is -0.378 e. The fraction of sp³-hybridized carbons (Fsp3) is 0.750. The van der Waals surface area contributed by atoms with Crippen LogP contribution in [0.2, 0.25) is 0 Å². The van der Waals surface area contributed by atoms with Gasteiger partial charge in [-0.2, -0.15) is 0 Å². The van der Waals surface area contributed by atoms with E-state index in [1.807, 2.05) is 11.3 Å². The summed E-state index contributed by atoms with van der Waals surface area (Å²) in [6, 6.07) is 0. The highest BCUT2D eigenvalue weighted by Crippen LogP contribution is 2.40. The lowest BCUT2D eigenvalue weighted by Gasteiger charge is -2.06. The second kappa shape index (κ2) is 5.08. The van der Waals surface area contributed by atoms with Gasteiger partial charge in [0.05, 0.1) is 17.3 Å². The van der Waals surface area contributed by atoms with Crippen LogP contribution in [0.1, 0.15) is 49.2 Å². The first-order valence-electron chi connectivity index (χ1n) is 5.76. The number of hydrogen-bond donors (Lipinski definition) is 0. The highest BCUT2D eigenvalue weighted by atomic mass is 32.1. The average Bonchev–Trinajstić information content (AvgIpc) is 2.85. The van der Waals surface area contributed by atoms with Crippen molar-refractivity contribution in [2.75, 3.05) is 7.11 Å². The highest BCUT2D eigenvalue weighted by Gasteiger charge is 2.26. The number of thiazole rings is 1. The van der Waals surface area contributed by atoms with Crippen LogP contribution in [0.3, 0.4) is 0 Å². The SMILES string of the molecule is CCC1CCC(c2nc(COC)cs2)C1. The third kappa shape index (κ3) is 2.58. The van der Waals surface area contributed by atoms with Crippen molar-refractivity contribution < 1.29 is 4.74 Å². The molecule has 1 aliphatic rings. The van der Waals surface area contributed by atoms with Crippen molar-refractivity contribution in [1.82, 2.24) is 4.98 Å². The molecule has 0 aliphatic heterocycles. The van der Waals surface area contributed by atoms with Crippen molar-refractivity contribution in [2.24, 2.45) is 5.92 Å². The summed E-state index contributed by atoms with van der Waals surface area (Å²) in [6.07, 6.45) is 5.39. The summed E-state index contributed by atoms with van der Waals surface area (Å²) in [5.74, 6) is 1.66. The maximum atomic E-state index is 5.09. The van der Waals surface area contributed by atoms with E-state index < -0.39 is 0 Å². The maximum absolute atomic E-state index is 5.09. The van der Waals surface area contributed by atoms with Crippen molar-refractivity contribution in [3.05, 3.63) is 16.1 Å². The van der Waals surface area contributed by atoms with Gasteiger partial charge in [-0.3, -0.25) is 0 Å². The molecular formula is C12H19NOS. The number of rotatable bonds is 4. The van der Waals surface area contributed by atoms with E-state index in [-0.39, 0.29) is 0 Å². The lowest BCUT2D eigenvalue weighted by Crippen LogP contribution is -1.95. The van der Waals surface area contributed by atoms with E-state index in [0.29, 0.717) is 6.61 Å². The van der Waals surface area contributed by atoms with Crippen molar-refractivity contribution in [1.29, 1.82) is 0 Å². The Kier molecular flexibility index (Phi) is 3.76. The molecule has 0 amide bonds. The first-order chi connectivity index (χ1) is 7.33. The summed E-state index contributed by atoms with van der Waals surface area (Å²) in [4.78, 5) is 4.64. The van der Waals surface area contributed by atoms with E-state index in [9.17, 15) is 0 Å². The van der Waals surface area contributed by atoms with E-state index in [1.54, 1.807) is 7.11 Å². The molecule has 1 aromatic rings. The Hall–Kier alpha value is -0.410. The van der Waals surface area contributed by atoms with Gasteiger partial charge in [0.15, 0.2) is 0 Å². The molecule has 3 heteroatoms. The van der Waals surface area contributed by atoms with Crippen LogP contribution in [-0.4, -0.2) is 12.1 Å². The van der Waals surface area contributed by atoms with Crippen molar-refractivity contribution in [3.63, 3.8) is 0 Å². The molecule has 2 nitrogen and oxygen atoms in total. The zero-order chi connectivity index (χ0) is 10.7. The molecule has 2 atom stereocenters. The van der Waals surface area contributed by atoms with Gasteiger partial charge in [-0.1, -0.05) is 13.3 Å². The van der Waals surface area contributed by atoms with Crippen LogP contribution in [0.5, 0.6) is 0 Å². The van der Waals surface area contributed by atoms with Crippen LogP contribution < -0.4 is 0 Å². The molecule has 1 aromatic heterocycles. The zero-order valence-corrected chi connectivity index (χ0v) is 10.3. The van der Waals surface area contributed by atoms with Crippen LogP contribution in [0.25, 0.3) is 0 Å². The normalized spacial score (nSPS) is 26.0. The Morgan fingerprint density at radius 1 is 1.53 bits per heavy atom. The summed E-state index contributed by atoms with van der Waals surface area (Å²) in [7, 11) is 1.72. The first kappa shape index (κ1) is 11.1. The summed E-state index contributed by atoms with van der Waals surface area (Å²) >= 11 is 1.81. The minimum absolute atomic E-state index is 0.653. The van der Waals surface area contributed by atoms with Gasteiger partial charge >= 0.3 is 0 Å². The highest BCUT2D eigenvalue weighted by molar-refractivity contribution is 7.09. The monoisotopic (exact) mass is 225 g/mol. The number of ether oxygens (including phenoxy) is 1. The zero-order valence-electron chi connectivity index (χ0n) is 9.53. The lowest BCUT2D eigenvalue weighted by molar-refractivity contribution is 0.182. The Labute approximate surface area is 95.7 Å². The Balaban J connectivity index is 1.97. The van der Waals surface area contributed by atoms with Gasteiger partial charge in [0.25, 0.3) is 0 Å². The fourth-order valence-electron chi connectivity index (χ4n) is 2.39. The topological polar surface area (TPSA) is 22.1 Å². The molecule has 1 heterocycles. The predicted octanol–water partition coefficient (Wildman–Crippen LogP) is 3.58. The third-order valence-electron chi connectivity index (χ3n) is 3.33. The molecule has 84 valence electrons. The Bertz CT molecular complexity index is 310. The summed E-state index contributed by atoms with van der Waals surface area (Å²) < 4.78 is 5.09. The molecule has 2 unspecified atom stereocenters. The van der Waals surface area contributed by atoms with Gasteiger partial charge in [0.2, 0.25) is 0 Å². The molecule has 0 N–H and O–H groups in total. The second-order valence-electron chi connectivity index (χ2n) is 4.39. The predicted molar refractivity (Wildman–Crippen MR) is 63.2 cm³/mol. The number of methoxy groups -OCH3 is 1. The quantitative estimate of drug-likeness (QED) is 0.781. The molecule has 0 radical (unpaired) electrons. The molecule has 1 aliphatic carbocycles. The van der Waals surface area contributed by atoms with E-state index in [0.717, 1.165) is 17.5 Å². The van der Waals surface area contributed by atoms with Gasteiger partial charge in [-0.05, 0) is 25.2 Å². The van der Waals surface area contributed by atoms with Gasteiger partial charge in [0.1, 0.15) is 0 Å². The van der Waals surface area contributed by atoms with Crippen LogP contribution >= 0.6 is 11.3 Å². The van der Waals surface area contributed by atoms with Crippen molar-refractivity contribution in [3.8, 4) is 0 Å². The molecule has 1 saturated carbocycles. The first-order valence-corrected chi connectivity index (χ1v) is 6.64. The number of hydrogen-bond acceptors (Lipinski definition) is 3. The van der Waals surface area contributed by atoms with Crippen LogP contribution in [-0.2, 0) is 11.3 Å². The van der Waals surface area contributed by atoms with E-state index >= 15 is 0 Å². The second-order valence-corrected chi connectivity index (χ2v) is 5.28. The van der Waals surface area contributed by atoms with E-state index in [2.05, 4.69) is 17.3 Å². The molecule has 2 rings (SSSR count). The lowest BCUT2D eigenvalue weighted by atomic mass is 10.0. The summed E-state index contributed by atoms with van der Waals surface area (Å²) in [5.41, 5.74) is 1.09. The molecule has 1 fully saturated rings. The maximum Gasteiger partial charge on any atom is 0.0960 e. The van der Waals surface area contributed by atoms with Gasteiger partial charge in [-0.25, -0.2) is 4.98 Å². The Morgan fingerprint density at radius 3 is 3.07 bits per heavy atom. The molecule has 0 aromatic carbocycles. The molecule has 0 spiro atoms. The molecule has 0 bridgehead atoms. The molecule has 15 heavy (non-hydrogen) atoms. The largest absolute Gasteiger partial charge is 0.378 e. The summed E-state index contributed by atoms with van der Waals surface area (Å²) in [6.45, 7) is 2.95. The van der Waals surface area contributed by atoms with E-state index in [4.69, 9.17) is 4.74 Å². The molecule has 0 saturated heterocycles. The van der Waals surface area contributed by atoms with Gasteiger partial charge in [0, 0.05) is 18.4 Å².